The zero-order valence-corrected chi connectivity index (χ0v) is 26.3. The molecule has 2 saturated carbocycles. The third kappa shape index (κ3) is 4.36. The Balaban J connectivity index is 1.38. The smallest absolute Gasteiger partial charge is 0.147 e. The van der Waals surface area contributed by atoms with Gasteiger partial charge in [0.2, 0.25) is 0 Å². The molecule has 2 bridgehead atoms. The molecular formula is C38H32FNO3P2. The van der Waals surface area contributed by atoms with Crippen LogP contribution in [0.5, 0.6) is 0 Å². The quantitative estimate of drug-likeness (QED) is 0.183. The van der Waals surface area contributed by atoms with Gasteiger partial charge in [0.25, 0.3) is 0 Å². The molecule has 3 aliphatic rings. The number of oxime groups is 1. The number of nitrogens with zero attached hydrogens (tertiary/aromatic N) is 1. The van der Waals surface area contributed by atoms with E-state index in [4.69, 9.17) is 4.84 Å². The predicted octanol–water partition coefficient (Wildman–Crippen LogP) is 6.96. The summed E-state index contributed by atoms with van der Waals surface area (Å²) >= 11 is 0. The molecule has 5 aromatic carbocycles. The second-order valence-corrected chi connectivity index (χ2v) is 18.2. The van der Waals surface area contributed by atoms with Crippen molar-refractivity contribution in [1.82, 2.24) is 0 Å². The fourth-order valence-electron chi connectivity index (χ4n) is 8.40. The molecule has 0 saturated heterocycles. The minimum atomic E-state index is -3.43. The highest BCUT2D eigenvalue weighted by Crippen LogP contribution is 2.73. The SMILES string of the molecule is O=P(c1ccccc1)(c1ccccc1)[C@@H]1[C@H]2C[C@@H]([C@@H]3C(c4ccc(F)cc4)=NO[C@H]23)[C@H]1P(=O)(c1ccccc1)c1ccccc1. The number of benzene rings is 5. The van der Waals surface area contributed by atoms with Gasteiger partial charge in [-0.15, -0.1) is 0 Å². The van der Waals surface area contributed by atoms with Gasteiger partial charge < -0.3 is 14.0 Å². The van der Waals surface area contributed by atoms with Crippen LogP contribution >= 0.6 is 14.3 Å². The molecule has 2 aliphatic carbocycles. The first-order chi connectivity index (χ1) is 22.0. The second-order valence-electron chi connectivity index (χ2n) is 12.3. The Morgan fingerprint density at radius 3 is 1.38 bits per heavy atom. The van der Waals surface area contributed by atoms with Crippen LogP contribution in [0.15, 0.2) is 151 Å². The molecule has 0 unspecified atom stereocenters. The largest absolute Gasteiger partial charge is 0.391 e. The minimum Gasteiger partial charge on any atom is -0.391 e. The van der Waals surface area contributed by atoms with Gasteiger partial charge >= 0.3 is 0 Å². The number of halogens is 1. The molecule has 8 rings (SSSR count). The molecule has 45 heavy (non-hydrogen) atoms. The fraction of sp³-hybridized carbons (Fsp3) is 0.184. The summed E-state index contributed by atoms with van der Waals surface area (Å²) in [6.45, 7) is 0. The van der Waals surface area contributed by atoms with E-state index in [2.05, 4.69) is 5.16 Å². The molecule has 0 amide bonds. The van der Waals surface area contributed by atoms with E-state index < -0.39 is 25.6 Å². The third-order valence-electron chi connectivity index (χ3n) is 10.1. The summed E-state index contributed by atoms with van der Waals surface area (Å²) in [7, 11) is -6.83. The molecule has 4 nitrogen and oxygen atoms in total. The van der Waals surface area contributed by atoms with Gasteiger partial charge in [0, 0.05) is 44.4 Å². The van der Waals surface area contributed by atoms with E-state index in [9.17, 15) is 4.39 Å². The van der Waals surface area contributed by atoms with Crippen molar-refractivity contribution < 1.29 is 18.4 Å². The van der Waals surface area contributed by atoms with Crippen molar-refractivity contribution >= 4 is 41.2 Å². The summed E-state index contributed by atoms with van der Waals surface area (Å²) in [5, 5.41) is 7.66. The van der Waals surface area contributed by atoms with Crippen LogP contribution in [-0.4, -0.2) is 23.1 Å². The maximum Gasteiger partial charge on any atom is 0.147 e. The lowest BCUT2D eigenvalue weighted by Gasteiger charge is -2.44. The summed E-state index contributed by atoms with van der Waals surface area (Å²) in [5.41, 5.74) is 0.655. The van der Waals surface area contributed by atoms with Crippen molar-refractivity contribution in [1.29, 1.82) is 0 Å². The molecule has 5 aromatic rings. The van der Waals surface area contributed by atoms with Crippen LogP contribution in [0, 0.1) is 23.6 Å². The highest BCUT2D eigenvalue weighted by Gasteiger charge is 2.70. The van der Waals surface area contributed by atoms with E-state index in [0.717, 1.165) is 38.9 Å². The Bertz CT molecular complexity index is 1870. The number of fused-ring (bicyclic) bond motifs is 5. The molecule has 1 heterocycles. The average Bonchev–Trinajstić information content (AvgIpc) is 3.82. The minimum absolute atomic E-state index is 0.122. The van der Waals surface area contributed by atoms with Crippen molar-refractivity contribution in [3.8, 4) is 0 Å². The zero-order chi connectivity index (χ0) is 30.6. The maximum absolute atomic E-state index is 16.4. The average molecular weight is 632 g/mol. The Hall–Kier alpha value is -4.04. The van der Waals surface area contributed by atoms with Gasteiger partial charge in [-0.25, -0.2) is 4.39 Å². The first-order valence-electron chi connectivity index (χ1n) is 15.4. The normalized spacial score (nSPS) is 25.4. The molecule has 224 valence electrons. The molecule has 0 N–H and O–H groups in total. The summed E-state index contributed by atoms with van der Waals surface area (Å²) in [4.78, 5) is 6.26. The summed E-state index contributed by atoms with van der Waals surface area (Å²) < 4.78 is 46.6. The predicted molar refractivity (Wildman–Crippen MR) is 180 cm³/mol. The van der Waals surface area contributed by atoms with E-state index in [0.29, 0.717) is 0 Å². The molecule has 1 aliphatic heterocycles. The number of rotatable bonds is 7. The van der Waals surface area contributed by atoms with Crippen LogP contribution < -0.4 is 21.2 Å². The van der Waals surface area contributed by atoms with Gasteiger partial charge in [0.1, 0.15) is 26.2 Å². The first-order valence-corrected chi connectivity index (χ1v) is 19.0. The monoisotopic (exact) mass is 631 g/mol. The van der Waals surface area contributed by atoms with Crippen LogP contribution in [-0.2, 0) is 14.0 Å². The topological polar surface area (TPSA) is 55.7 Å². The fourth-order valence-corrected chi connectivity index (χ4v) is 16.9. The lowest BCUT2D eigenvalue weighted by atomic mass is 9.80. The van der Waals surface area contributed by atoms with Gasteiger partial charge in [-0.2, -0.15) is 0 Å². The Morgan fingerprint density at radius 2 is 0.956 bits per heavy atom. The lowest BCUT2D eigenvalue weighted by molar-refractivity contribution is 0.0293. The molecule has 0 radical (unpaired) electrons. The van der Waals surface area contributed by atoms with Crippen LogP contribution in [0.1, 0.15) is 12.0 Å². The highest BCUT2D eigenvalue weighted by molar-refractivity contribution is 7.83. The van der Waals surface area contributed by atoms with Crippen molar-refractivity contribution in [2.75, 3.05) is 0 Å². The molecule has 7 heteroatoms. The van der Waals surface area contributed by atoms with Crippen molar-refractivity contribution in [2.45, 2.75) is 23.8 Å². The Kier molecular flexibility index (Phi) is 7.01. The number of hydrogen-bond acceptors (Lipinski definition) is 4. The Labute approximate surface area is 262 Å². The van der Waals surface area contributed by atoms with Crippen molar-refractivity contribution in [3.05, 3.63) is 157 Å². The standard InChI is InChI=1S/C38H32FNO3P2/c39-27-23-21-26(22-24-27)35-34-32-25-33(36(34)43-40-35)38(45(42,30-17-9-3-10-18-30)31-19-11-4-12-20-31)37(32)44(41,28-13-5-1-6-14-28)29-15-7-2-8-16-29/h1-24,32-34,36-38H,25H2/t32-,33-,34+,36+,37+,38+/m0/s1. The number of hydrogen-bond donors (Lipinski definition) is 0. The Morgan fingerprint density at radius 1 is 0.556 bits per heavy atom. The van der Waals surface area contributed by atoms with E-state index in [1.807, 2.05) is 121 Å². The van der Waals surface area contributed by atoms with Gasteiger partial charge in [-0.05, 0) is 30.0 Å². The van der Waals surface area contributed by atoms with Crippen molar-refractivity contribution in [2.24, 2.45) is 22.9 Å². The molecule has 2 fully saturated rings. The van der Waals surface area contributed by atoms with Crippen LogP contribution in [0.25, 0.3) is 0 Å². The molecular weight excluding hydrogens is 599 g/mol. The second kappa shape index (κ2) is 11.1. The van der Waals surface area contributed by atoms with Crippen LogP contribution in [0.3, 0.4) is 0 Å². The third-order valence-corrected chi connectivity index (χ3v) is 17.7. The van der Waals surface area contributed by atoms with E-state index >= 15 is 9.13 Å². The summed E-state index contributed by atoms with van der Waals surface area (Å²) in [5.74, 6) is -0.741. The van der Waals surface area contributed by atoms with Crippen LogP contribution in [0.4, 0.5) is 4.39 Å². The van der Waals surface area contributed by atoms with Crippen LogP contribution in [0.2, 0.25) is 0 Å². The van der Waals surface area contributed by atoms with Gasteiger partial charge in [-0.3, -0.25) is 0 Å². The van der Waals surface area contributed by atoms with Gasteiger partial charge in [0.15, 0.2) is 0 Å². The zero-order valence-electron chi connectivity index (χ0n) is 24.5. The van der Waals surface area contributed by atoms with Gasteiger partial charge in [-0.1, -0.05) is 139 Å². The first kappa shape index (κ1) is 28.4. The van der Waals surface area contributed by atoms with Gasteiger partial charge in [0.05, 0.1) is 5.71 Å². The van der Waals surface area contributed by atoms with E-state index in [1.54, 1.807) is 12.1 Å². The summed E-state index contributed by atoms with van der Waals surface area (Å²) in [6, 6.07) is 45.3. The summed E-state index contributed by atoms with van der Waals surface area (Å²) in [6.07, 6.45) is 0.412. The molecule has 0 aromatic heterocycles. The van der Waals surface area contributed by atoms with E-state index in [-0.39, 0.29) is 29.7 Å². The molecule has 6 atom stereocenters. The molecule has 0 spiro atoms. The maximum atomic E-state index is 16.4. The highest BCUT2D eigenvalue weighted by atomic mass is 31.2. The van der Waals surface area contributed by atoms with Crippen molar-refractivity contribution in [3.63, 3.8) is 0 Å². The van der Waals surface area contributed by atoms with E-state index in [1.165, 1.54) is 12.1 Å². The lowest BCUT2D eigenvalue weighted by Crippen LogP contribution is -2.50.